The first-order valence-corrected chi connectivity index (χ1v) is 7.01. The Morgan fingerprint density at radius 2 is 1.90 bits per heavy atom. The predicted molar refractivity (Wildman–Crippen MR) is 68.2 cm³/mol. The maximum Gasteiger partial charge on any atom is 0.416 e. The largest absolute Gasteiger partial charge is 0.506 e. The fourth-order valence-electron chi connectivity index (χ4n) is 1.50. The summed E-state index contributed by atoms with van der Waals surface area (Å²) in [6, 6.07) is 4.52. The van der Waals surface area contributed by atoms with Gasteiger partial charge in [-0.25, -0.2) is 8.42 Å². The maximum atomic E-state index is 12.6. The highest BCUT2D eigenvalue weighted by Crippen LogP contribution is 2.35. The Kier molecular flexibility index (Phi) is 3.77. The Hall–Kier alpha value is -2.29. The summed E-state index contributed by atoms with van der Waals surface area (Å²) in [6.07, 6.45) is -2.27. The van der Waals surface area contributed by atoms with Crippen molar-refractivity contribution in [3.05, 3.63) is 48.3 Å². The average Bonchev–Trinajstić information content (AvgIpc) is 2.41. The molecule has 0 spiro atoms. The van der Waals surface area contributed by atoms with Gasteiger partial charge in [-0.1, -0.05) is 0 Å². The van der Waals surface area contributed by atoms with Crippen LogP contribution in [0.2, 0.25) is 0 Å². The minimum atomic E-state index is -4.65. The van der Waals surface area contributed by atoms with Crippen LogP contribution in [0, 0.1) is 0 Å². The SMILES string of the molecule is O=S(=O)(Nc1cc(C(F)(F)F)ccc1O)c1cccnc1. The van der Waals surface area contributed by atoms with Crippen molar-refractivity contribution in [1.29, 1.82) is 0 Å². The van der Waals surface area contributed by atoms with Gasteiger partial charge in [-0.3, -0.25) is 9.71 Å². The van der Waals surface area contributed by atoms with E-state index < -0.39 is 33.2 Å². The number of aromatic hydroxyl groups is 1. The van der Waals surface area contributed by atoms with E-state index in [1.165, 1.54) is 18.3 Å². The smallest absolute Gasteiger partial charge is 0.416 e. The van der Waals surface area contributed by atoms with Crippen molar-refractivity contribution in [3.63, 3.8) is 0 Å². The Morgan fingerprint density at radius 1 is 1.19 bits per heavy atom. The van der Waals surface area contributed by atoms with E-state index in [0.717, 1.165) is 12.3 Å². The van der Waals surface area contributed by atoms with Crippen LogP contribution >= 0.6 is 0 Å². The molecule has 0 atom stereocenters. The van der Waals surface area contributed by atoms with Crippen molar-refractivity contribution in [1.82, 2.24) is 4.98 Å². The molecule has 1 aromatic heterocycles. The second-order valence-electron chi connectivity index (χ2n) is 4.02. The number of nitrogens with zero attached hydrogens (tertiary/aromatic N) is 1. The predicted octanol–water partition coefficient (Wildman–Crippen LogP) is 2.61. The quantitative estimate of drug-likeness (QED) is 0.853. The van der Waals surface area contributed by atoms with E-state index in [2.05, 4.69) is 4.98 Å². The van der Waals surface area contributed by atoms with Gasteiger partial charge < -0.3 is 5.11 Å². The van der Waals surface area contributed by atoms with E-state index in [0.29, 0.717) is 12.1 Å². The second-order valence-corrected chi connectivity index (χ2v) is 5.71. The average molecular weight is 318 g/mol. The molecule has 0 unspecified atom stereocenters. The van der Waals surface area contributed by atoms with Gasteiger partial charge in [-0.05, 0) is 30.3 Å². The van der Waals surface area contributed by atoms with Crippen molar-refractivity contribution in [2.24, 2.45) is 0 Å². The zero-order valence-corrected chi connectivity index (χ0v) is 11.1. The van der Waals surface area contributed by atoms with Crippen molar-refractivity contribution in [3.8, 4) is 5.75 Å². The Labute approximate surface area is 118 Å². The van der Waals surface area contributed by atoms with Crippen molar-refractivity contribution < 1.29 is 26.7 Å². The molecule has 0 aliphatic carbocycles. The monoisotopic (exact) mass is 318 g/mol. The Balaban J connectivity index is 2.40. The minimum Gasteiger partial charge on any atom is -0.506 e. The Morgan fingerprint density at radius 3 is 2.48 bits per heavy atom. The number of halogens is 3. The molecule has 2 aromatic rings. The third-order valence-electron chi connectivity index (χ3n) is 2.51. The van der Waals surface area contributed by atoms with Crippen molar-refractivity contribution in [2.45, 2.75) is 11.1 Å². The van der Waals surface area contributed by atoms with E-state index in [9.17, 15) is 26.7 Å². The summed E-state index contributed by atoms with van der Waals surface area (Å²) in [5.74, 6) is -0.615. The number of phenolic OH excluding ortho intramolecular Hbond substituents is 1. The molecule has 9 heteroatoms. The second kappa shape index (κ2) is 5.24. The molecule has 0 bridgehead atoms. The first kappa shape index (κ1) is 15.1. The standard InChI is InChI=1S/C12H9F3N2O3S/c13-12(14,15)8-3-4-11(18)10(6-8)17-21(19,20)9-2-1-5-16-7-9/h1-7,17-18H. The molecule has 5 nitrogen and oxygen atoms in total. The van der Waals surface area contributed by atoms with Crippen LogP contribution in [0.3, 0.4) is 0 Å². The first-order chi connectivity index (χ1) is 9.70. The third-order valence-corrected chi connectivity index (χ3v) is 3.86. The van der Waals surface area contributed by atoms with Gasteiger partial charge in [0.05, 0.1) is 11.3 Å². The number of pyridine rings is 1. The lowest BCUT2D eigenvalue weighted by Crippen LogP contribution is -2.14. The van der Waals surface area contributed by atoms with Crippen LogP contribution in [0.15, 0.2) is 47.6 Å². The number of benzene rings is 1. The van der Waals surface area contributed by atoms with Crippen LogP contribution in [0.4, 0.5) is 18.9 Å². The summed E-state index contributed by atoms with van der Waals surface area (Å²) in [4.78, 5) is 3.38. The number of hydrogen-bond donors (Lipinski definition) is 2. The van der Waals surface area contributed by atoms with E-state index >= 15 is 0 Å². The highest BCUT2D eigenvalue weighted by atomic mass is 32.2. The molecule has 1 heterocycles. The number of aromatic nitrogens is 1. The van der Waals surface area contributed by atoms with Crippen LogP contribution in [-0.2, 0) is 16.2 Å². The van der Waals surface area contributed by atoms with Crippen LogP contribution < -0.4 is 4.72 Å². The van der Waals surface area contributed by atoms with Gasteiger partial charge in [0.25, 0.3) is 10.0 Å². The number of phenols is 1. The molecule has 0 fully saturated rings. The van der Waals surface area contributed by atoms with Gasteiger partial charge in [-0.2, -0.15) is 13.2 Å². The van der Waals surface area contributed by atoms with Gasteiger partial charge in [0.1, 0.15) is 10.6 Å². The van der Waals surface area contributed by atoms with Gasteiger partial charge in [0.2, 0.25) is 0 Å². The van der Waals surface area contributed by atoms with Crippen molar-refractivity contribution >= 4 is 15.7 Å². The zero-order valence-electron chi connectivity index (χ0n) is 10.3. The van der Waals surface area contributed by atoms with E-state index in [4.69, 9.17) is 0 Å². The molecule has 112 valence electrons. The molecular weight excluding hydrogens is 309 g/mol. The molecule has 1 aromatic carbocycles. The number of sulfonamides is 1. The summed E-state index contributed by atoms with van der Waals surface area (Å²) in [7, 11) is -4.14. The van der Waals surface area contributed by atoms with E-state index in [1.807, 2.05) is 4.72 Å². The number of rotatable bonds is 3. The van der Waals surface area contributed by atoms with Crippen LogP contribution in [0.5, 0.6) is 5.75 Å². The molecule has 21 heavy (non-hydrogen) atoms. The maximum absolute atomic E-state index is 12.6. The lowest BCUT2D eigenvalue weighted by Gasteiger charge is -2.12. The molecule has 0 aliphatic rings. The van der Waals surface area contributed by atoms with Crippen LogP contribution in [0.25, 0.3) is 0 Å². The lowest BCUT2D eigenvalue weighted by molar-refractivity contribution is -0.137. The van der Waals surface area contributed by atoms with Gasteiger partial charge in [0, 0.05) is 12.4 Å². The molecule has 2 N–H and O–H groups in total. The fraction of sp³-hybridized carbons (Fsp3) is 0.0833. The van der Waals surface area contributed by atoms with Gasteiger partial charge in [-0.15, -0.1) is 0 Å². The normalized spacial score (nSPS) is 12.1. The number of anilines is 1. The minimum absolute atomic E-state index is 0.234. The van der Waals surface area contributed by atoms with E-state index in [-0.39, 0.29) is 4.90 Å². The summed E-state index contributed by atoms with van der Waals surface area (Å²) in [6.45, 7) is 0. The topological polar surface area (TPSA) is 79.3 Å². The fourth-order valence-corrected chi connectivity index (χ4v) is 2.53. The first-order valence-electron chi connectivity index (χ1n) is 5.53. The molecular formula is C12H9F3N2O3S. The molecule has 0 amide bonds. The highest BCUT2D eigenvalue weighted by molar-refractivity contribution is 7.92. The zero-order chi connectivity index (χ0) is 15.7. The summed E-state index contributed by atoms with van der Waals surface area (Å²) in [5.41, 5.74) is -1.64. The molecule has 0 saturated carbocycles. The molecule has 2 rings (SSSR count). The third kappa shape index (κ3) is 3.43. The number of nitrogens with one attached hydrogen (secondary N) is 1. The van der Waals surface area contributed by atoms with Crippen molar-refractivity contribution in [2.75, 3.05) is 4.72 Å². The van der Waals surface area contributed by atoms with Crippen LogP contribution in [-0.4, -0.2) is 18.5 Å². The summed E-state index contributed by atoms with van der Waals surface area (Å²) >= 11 is 0. The van der Waals surface area contributed by atoms with Gasteiger partial charge >= 0.3 is 6.18 Å². The van der Waals surface area contributed by atoms with Crippen LogP contribution in [0.1, 0.15) is 5.56 Å². The molecule has 0 radical (unpaired) electrons. The lowest BCUT2D eigenvalue weighted by atomic mass is 10.2. The number of hydrogen-bond acceptors (Lipinski definition) is 4. The number of alkyl halides is 3. The van der Waals surface area contributed by atoms with E-state index in [1.54, 1.807) is 0 Å². The van der Waals surface area contributed by atoms with Gasteiger partial charge in [0.15, 0.2) is 0 Å². The summed E-state index contributed by atoms with van der Waals surface area (Å²) < 4.78 is 63.6. The molecule has 0 aliphatic heterocycles. The summed E-state index contributed by atoms with van der Waals surface area (Å²) in [5, 5.41) is 9.50. The highest BCUT2D eigenvalue weighted by Gasteiger charge is 2.31. The Bertz CT molecular complexity index is 746. The molecule has 0 saturated heterocycles.